The van der Waals surface area contributed by atoms with Crippen LogP contribution >= 0.6 is 0 Å². The second-order valence-corrected chi connectivity index (χ2v) is 3.56. The van der Waals surface area contributed by atoms with Gasteiger partial charge in [0.05, 0.1) is 0 Å². The highest BCUT2D eigenvalue weighted by Crippen LogP contribution is 2.04. The maximum atomic E-state index is 10.3. The zero-order valence-electron chi connectivity index (χ0n) is 8.90. The number of nitrogens with one attached hydrogen (secondary N) is 1. The van der Waals surface area contributed by atoms with E-state index in [0.717, 1.165) is 5.56 Å². The Balaban J connectivity index is 2.40. The fourth-order valence-electron chi connectivity index (χ4n) is 1.10. The molecule has 0 fully saturated rings. The second kappa shape index (κ2) is 5.29. The van der Waals surface area contributed by atoms with Gasteiger partial charge in [-0.05, 0) is 25.8 Å². The van der Waals surface area contributed by atoms with Crippen LogP contribution in [0.4, 0.5) is 5.95 Å². The molecule has 1 unspecified atom stereocenters. The van der Waals surface area contributed by atoms with Gasteiger partial charge in [-0.2, -0.15) is 0 Å². The normalized spacial score (nSPS) is 12.1. The summed E-state index contributed by atoms with van der Waals surface area (Å²) in [4.78, 5) is 18.5. The van der Waals surface area contributed by atoms with Gasteiger partial charge in [0, 0.05) is 24.9 Å². The van der Waals surface area contributed by atoms with Crippen molar-refractivity contribution in [3.63, 3.8) is 0 Å². The van der Waals surface area contributed by atoms with Crippen LogP contribution in [0.1, 0.15) is 25.3 Å². The number of carbonyl (C=O) groups is 1. The van der Waals surface area contributed by atoms with Crippen LogP contribution < -0.4 is 5.32 Å². The average Bonchev–Trinajstić information content (AvgIpc) is 2.19. The third-order valence-corrected chi connectivity index (χ3v) is 1.95. The van der Waals surface area contributed by atoms with Crippen molar-refractivity contribution in [2.45, 2.75) is 32.7 Å². The molecule has 1 aromatic heterocycles. The Morgan fingerprint density at radius 2 is 2.13 bits per heavy atom. The Kier molecular flexibility index (Phi) is 4.03. The molecule has 5 heteroatoms. The third kappa shape index (κ3) is 4.39. The molecule has 1 rings (SSSR count). The molecule has 82 valence electrons. The van der Waals surface area contributed by atoms with Crippen molar-refractivity contribution in [2.75, 3.05) is 5.32 Å². The molecule has 0 radical (unpaired) electrons. The van der Waals surface area contributed by atoms with Crippen LogP contribution in [0.15, 0.2) is 12.4 Å². The van der Waals surface area contributed by atoms with E-state index in [9.17, 15) is 4.79 Å². The van der Waals surface area contributed by atoms with E-state index in [2.05, 4.69) is 15.3 Å². The first-order valence-electron chi connectivity index (χ1n) is 4.85. The van der Waals surface area contributed by atoms with Crippen molar-refractivity contribution in [2.24, 2.45) is 0 Å². The van der Waals surface area contributed by atoms with E-state index in [4.69, 9.17) is 5.11 Å². The second-order valence-electron chi connectivity index (χ2n) is 3.56. The molecule has 1 atom stereocenters. The van der Waals surface area contributed by atoms with E-state index in [0.29, 0.717) is 12.4 Å². The Hall–Kier alpha value is -1.65. The molecule has 5 nitrogen and oxygen atoms in total. The molecule has 0 bridgehead atoms. The summed E-state index contributed by atoms with van der Waals surface area (Å²) in [5.74, 6) is -0.244. The lowest BCUT2D eigenvalue weighted by molar-refractivity contribution is -0.137. The molecule has 0 aliphatic carbocycles. The average molecular weight is 209 g/mol. The smallest absolute Gasteiger partial charge is 0.303 e. The van der Waals surface area contributed by atoms with E-state index >= 15 is 0 Å². The summed E-state index contributed by atoms with van der Waals surface area (Å²) in [6, 6.07) is 0.0591. The summed E-state index contributed by atoms with van der Waals surface area (Å²) in [5, 5.41) is 11.5. The number of aromatic nitrogens is 2. The van der Waals surface area contributed by atoms with E-state index in [-0.39, 0.29) is 12.5 Å². The molecule has 0 saturated carbocycles. The predicted octanol–water partition coefficient (Wildman–Crippen LogP) is 1.45. The van der Waals surface area contributed by atoms with Crippen molar-refractivity contribution >= 4 is 11.9 Å². The van der Waals surface area contributed by atoms with Crippen molar-refractivity contribution in [3.05, 3.63) is 18.0 Å². The fraction of sp³-hybridized carbons (Fsp3) is 0.500. The minimum atomic E-state index is -0.784. The van der Waals surface area contributed by atoms with Crippen molar-refractivity contribution in [3.8, 4) is 0 Å². The van der Waals surface area contributed by atoms with Crippen LogP contribution in [0.3, 0.4) is 0 Å². The molecule has 1 heterocycles. The number of aryl methyl sites for hydroxylation is 1. The van der Waals surface area contributed by atoms with Gasteiger partial charge in [0.15, 0.2) is 0 Å². The quantitative estimate of drug-likeness (QED) is 0.767. The van der Waals surface area contributed by atoms with E-state index in [1.807, 2.05) is 13.8 Å². The minimum Gasteiger partial charge on any atom is -0.481 e. The summed E-state index contributed by atoms with van der Waals surface area (Å²) in [7, 11) is 0. The summed E-state index contributed by atoms with van der Waals surface area (Å²) in [5.41, 5.74) is 0.999. The molecule has 0 aliphatic rings. The summed E-state index contributed by atoms with van der Waals surface area (Å²) < 4.78 is 0. The van der Waals surface area contributed by atoms with Crippen LogP contribution in [0.5, 0.6) is 0 Å². The van der Waals surface area contributed by atoms with E-state index in [1.54, 1.807) is 12.4 Å². The largest absolute Gasteiger partial charge is 0.481 e. The van der Waals surface area contributed by atoms with Crippen LogP contribution in [-0.4, -0.2) is 27.1 Å². The molecule has 15 heavy (non-hydrogen) atoms. The molecule has 0 amide bonds. The summed E-state index contributed by atoms with van der Waals surface area (Å²) in [6.07, 6.45) is 4.16. The Bertz CT molecular complexity index is 324. The maximum Gasteiger partial charge on any atom is 0.303 e. The van der Waals surface area contributed by atoms with Gasteiger partial charge in [-0.3, -0.25) is 4.79 Å². The van der Waals surface area contributed by atoms with Crippen molar-refractivity contribution in [1.29, 1.82) is 0 Å². The maximum absolute atomic E-state index is 10.3. The van der Waals surface area contributed by atoms with Gasteiger partial charge in [-0.1, -0.05) is 0 Å². The first kappa shape index (κ1) is 11.4. The molecule has 0 aromatic carbocycles. The van der Waals surface area contributed by atoms with Gasteiger partial charge in [0.2, 0.25) is 5.95 Å². The molecule has 1 aromatic rings. The molecule has 2 N–H and O–H groups in total. The Labute approximate surface area is 88.6 Å². The monoisotopic (exact) mass is 209 g/mol. The summed E-state index contributed by atoms with van der Waals surface area (Å²) >= 11 is 0. The standard InChI is InChI=1S/C10H15N3O2/c1-7-5-11-10(12-6-7)13-8(2)3-4-9(14)15/h5-6,8H,3-4H2,1-2H3,(H,14,15)(H,11,12,13). The molecule has 0 aliphatic heterocycles. The fourth-order valence-corrected chi connectivity index (χ4v) is 1.10. The van der Waals surface area contributed by atoms with Crippen LogP contribution in [0, 0.1) is 6.92 Å². The predicted molar refractivity (Wildman–Crippen MR) is 56.7 cm³/mol. The Morgan fingerprint density at radius 1 is 1.53 bits per heavy atom. The molecule has 0 spiro atoms. The van der Waals surface area contributed by atoms with Gasteiger partial charge in [-0.15, -0.1) is 0 Å². The topological polar surface area (TPSA) is 75.1 Å². The number of carboxylic acids is 1. The van der Waals surface area contributed by atoms with Gasteiger partial charge in [-0.25, -0.2) is 9.97 Å². The lowest BCUT2D eigenvalue weighted by Crippen LogP contribution is -2.18. The van der Waals surface area contributed by atoms with Gasteiger partial charge < -0.3 is 10.4 Å². The highest BCUT2D eigenvalue weighted by atomic mass is 16.4. The van der Waals surface area contributed by atoms with Crippen molar-refractivity contribution in [1.82, 2.24) is 9.97 Å². The number of anilines is 1. The number of rotatable bonds is 5. The number of carboxylic acid groups (broad SMARTS) is 1. The first-order chi connectivity index (χ1) is 7.08. The lowest BCUT2D eigenvalue weighted by Gasteiger charge is -2.11. The van der Waals surface area contributed by atoms with Gasteiger partial charge >= 0.3 is 5.97 Å². The van der Waals surface area contributed by atoms with Crippen molar-refractivity contribution < 1.29 is 9.90 Å². The van der Waals surface area contributed by atoms with Gasteiger partial charge in [0.1, 0.15) is 0 Å². The Morgan fingerprint density at radius 3 is 2.67 bits per heavy atom. The molecular weight excluding hydrogens is 194 g/mol. The van der Waals surface area contributed by atoms with Crippen LogP contribution in [0.2, 0.25) is 0 Å². The summed E-state index contributed by atoms with van der Waals surface area (Å²) in [6.45, 7) is 3.82. The molecular formula is C10H15N3O2. The lowest BCUT2D eigenvalue weighted by atomic mass is 10.2. The highest BCUT2D eigenvalue weighted by Gasteiger charge is 2.06. The van der Waals surface area contributed by atoms with Crippen LogP contribution in [-0.2, 0) is 4.79 Å². The molecule has 0 saturated heterocycles. The van der Waals surface area contributed by atoms with E-state index in [1.165, 1.54) is 0 Å². The number of hydrogen-bond acceptors (Lipinski definition) is 4. The highest BCUT2D eigenvalue weighted by molar-refractivity contribution is 5.66. The van der Waals surface area contributed by atoms with Crippen LogP contribution in [0.25, 0.3) is 0 Å². The number of aliphatic carboxylic acids is 1. The minimum absolute atomic E-state index is 0.0591. The number of nitrogens with zero attached hydrogens (tertiary/aromatic N) is 2. The zero-order valence-corrected chi connectivity index (χ0v) is 8.90. The van der Waals surface area contributed by atoms with E-state index < -0.39 is 5.97 Å². The van der Waals surface area contributed by atoms with Gasteiger partial charge in [0.25, 0.3) is 0 Å². The zero-order chi connectivity index (χ0) is 11.3. The number of hydrogen-bond donors (Lipinski definition) is 2. The first-order valence-corrected chi connectivity index (χ1v) is 4.85. The SMILES string of the molecule is Cc1cnc(NC(C)CCC(=O)O)nc1. The third-order valence-electron chi connectivity index (χ3n) is 1.95.